The lowest BCUT2D eigenvalue weighted by atomic mass is 10.2. The van der Waals surface area contributed by atoms with Crippen LogP contribution in [0.15, 0.2) is 0 Å². The van der Waals surface area contributed by atoms with Crippen LogP contribution in [0.2, 0.25) is 0 Å². The van der Waals surface area contributed by atoms with E-state index < -0.39 is 11.9 Å². The predicted octanol–water partition coefficient (Wildman–Crippen LogP) is -0.489. The molecule has 1 atom stereocenters. The number of carbonyl (C=O) groups is 4. The van der Waals surface area contributed by atoms with Crippen LogP contribution in [0.5, 0.6) is 0 Å². The van der Waals surface area contributed by atoms with Crippen LogP contribution in [0.4, 0.5) is 0 Å². The van der Waals surface area contributed by atoms with Crippen LogP contribution in [0.1, 0.15) is 25.7 Å². The lowest BCUT2D eigenvalue weighted by molar-refractivity contribution is -0.139. The van der Waals surface area contributed by atoms with Crippen molar-refractivity contribution >= 4 is 36.8 Å². The Labute approximate surface area is 170 Å². The average Bonchev–Trinajstić information content (AvgIpc) is 3.47. The fraction of sp³-hybridized carbons (Fsp3) is 0.733. The van der Waals surface area contributed by atoms with Crippen LogP contribution >= 0.6 is 11.6 Å². The van der Waals surface area contributed by atoms with Crippen molar-refractivity contribution in [3.63, 3.8) is 0 Å². The maximum Gasteiger partial charge on any atom is 0.303 e. The zero-order valence-corrected chi connectivity index (χ0v) is 16.8. The summed E-state index contributed by atoms with van der Waals surface area (Å²) in [6, 6.07) is 0. The smallest absolute Gasteiger partial charge is 0.303 e. The number of ether oxygens (including phenoxy) is 1. The standard InChI is InChI=1S/C6H10O4.C4H13N3.C3H5ClO.CH2O2.CH2O.H3N/c7-5(8)3-1-2-4-6(9)10;5-1-3-7-4-2-6;4-1-3-2-5-3;2-1-3;1-2;/h1-4H2,(H,7,8)(H,9,10);7H,1-6H2;3H,1-2H2;1H,(H,2,3);1H2;1H3. The molecule has 0 amide bonds. The molecule has 170 valence electrons. The molecule has 11 N–H and O–H groups in total. The second-order valence-corrected chi connectivity index (χ2v) is 4.85. The molecule has 1 rings (SSSR count). The van der Waals surface area contributed by atoms with Gasteiger partial charge in [0.05, 0.1) is 18.6 Å². The predicted molar refractivity (Wildman–Crippen MR) is 106 cm³/mol. The molecule has 1 fully saturated rings. The van der Waals surface area contributed by atoms with E-state index in [0.29, 0.717) is 37.9 Å². The summed E-state index contributed by atoms with van der Waals surface area (Å²) >= 11 is 5.27. The molecule has 28 heavy (non-hydrogen) atoms. The number of epoxide rings is 1. The maximum atomic E-state index is 9.90. The summed E-state index contributed by atoms with van der Waals surface area (Å²) in [6.07, 6.45) is 1.42. The van der Waals surface area contributed by atoms with Crippen LogP contribution in [-0.2, 0) is 23.9 Å². The number of nitrogens with one attached hydrogen (secondary N) is 1. The molecule has 12 nitrogen and oxygen atoms in total. The summed E-state index contributed by atoms with van der Waals surface area (Å²) in [5.74, 6) is -1.07. The third-order valence-corrected chi connectivity index (χ3v) is 2.59. The highest BCUT2D eigenvalue weighted by Gasteiger charge is 2.19. The van der Waals surface area contributed by atoms with Gasteiger partial charge in [-0.05, 0) is 12.8 Å². The van der Waals surface area contributed by atoms with Gasteiger partial charge in [-0.25, -0.2) is 0 Å². The zero-order chi connectivity index (χ0) is 21.9. The minimum Gasteiger partial charge on any atom is -0.483 e. The summed E-state index contributed by atoms with van der Waals surface area (Å²) in [5.41, 5.74) is 10.3. The molecular formula is C15H35ClN4O8. The van der Waals surface area contributed by atoms with E-state index in [1.807, 2.05) is 6.79 Å². The van der Waals surface area contributed by atoms with Gasteiger partial charge in [0, 0.05) is 39.0 Å². The molecule has 0 saturated carbocycles. The molecule has 0 spiro atoms. The van der Waals surface area contributed by atoms with E-state index in [-0.39, 0.29) is 25.5 Å². The van der Waals surface area contributed by atoms with Crippen molar-refractivity contribution in [2.45, 2.75) is 31.8 Å². The van der Waals surface area contributed by atoms with E-state index in [0.717, 1.165) is 19.7 Å². The van der Waals surface area contributed by atoms with Crippen molar-refractivity contribution in [2.24, 2.45) is 11.5 Å². The van der Waals surface area contributed by atoms with Gasteiger partial charge in [-0.3, -0.25) is 14.4 Å². The van der Waals surface area contributed by atoms with Crippen molar-refractivity contribution in [1.29, 1.82) is 0 Å². The second kappa shape index (κ2) is 36.1. The Balaban J connectivity index is -0.0000000860. The van der Waals surface area contributed by atoms with Crippen molar-refractivity contribution in [3.8, 4) is 0 Å². The topological polar surface area (TPSA) is 241 Å². The van der Waals surface area contributed by atoms with Gasteiger partial charge >= 0.3 is 11.9 Å². The Morgan fingerprint density at radius 3 is 1.57 bits per heavy atom. The van der Waals surface area contributed by atoms with Gasteiger partial charge in [-0.2, -0.15) is 0 Å². The van der Waals surface area contributed by atoms with Gasteiger partial charge in [0.25, 0.3) is 6.47 Å². The Hall–Kier alpha value is -1.83. The van der Waals surface area contributed by atoms with Gasteiger partial charge < -0.3 is 47.8 Å². The summed E-state index contributed by atoms with van der Waals surface area (Å²) in [7, 11) is 0. The third-order valence-electron chi connectivity index (χ3n) is 2.25. The number of carbonyl (C=O) groups excluding carboxylic acids is 1. The Kier molecular flexibility index (Phi) is 47.8. The van der Waals surface area contributed by atoms with Crippen molar-refractivity contribution in [2.75, 3.05) is 38.7 Å². The number of aliphatic carboxylic acids is 2. The summed E-state index contributed by atoms with van der Waals surface area (Å²) in [5, 5.41) is 26.2. The number of rotatable bonds is 10. The van der Waals surface area contributed by atoms with Crippen LogP contribution in [-0.4, -0.2) is 85.3 Å². The molecular weight excluding hydrogens is 400 g/mol. The highest BCUT2D eigenvalue weighted by Crippen LogP contribution is 2.08. The summed E-state index contributed by atoms with van der Waals surface area (Å²) in [4.78, 5) is 36.2. The number of carboxylic acid groups (broad SMARTS) is 3. The molecule has 1 aliphatic heterocycles. The van der Waals surface area contributed by atoms with E-state index in [4.69, 9.17) is 52.7 Å². The van der Waals surface area contributed by atoms with E-state index >= 15 is 0 Å². The molecule has 0 bridgehead atoms. The van der Waals surface area contributed by atoms with E-state index in [1.54, 1.807) is 0 Å². The summed E-state index contributed by atoms with van der Waals surface area (Å²) in [6.45, 7) is 5.76. The SMILES string of the molecule is C=O.ClCC1CO1.N.NCCNCCN.O=C(O)CCCCC(=O)O.O=CO. The first-order valence-electron chi connectivity index (χ1n) is 7.98. The largest absolute Gasteiger partial charge is 0.483 e. The minimum atomic E-state index is -0.870. The number of nitrogens with two attached hydrogens (primary N) is 2. The van der Waals surface area contributed by atoms with Gasteiger partial charge in [-0.15, -0.1) is 11.6 Å². The molecule has 1 heterocycles. The van der Waals surface area contributed by atoms with Crippen LogP contribution in [0.3, 0.4) is 0 Å². The summed E-state index contributed by atoms with van der Waals surface area (Å²) < 4.78 is 4.73. The fourth-order valence-electron chi connectivity index (χ4n) is 1.04. The third kappa shape index (κ3) is 64.6. The quantitative estimate of drug-likeness (QED) is 0.0996. The van der Waals surface area contributed by atoms with Gasteiger partial charge in [0.1, 0.15) is 6.79 Å². The number of halogens is 1. The molecule has 1 aliphatic rings. The highest BCUT2D eigenvalue weighted by molar-refractivity contribution is 6.18. The molecule has 0 aromatic carbocycles. The van der Waals surface area contributed by atoms with Gasteiger partial charge in [-0.1, -0.05) is 0 Å². The molecule has 0 aromatic heterocycles. The van der Waals surface area contributed by atoms with Crippen molar-refractivity contribution in [1.82, 2.24) is 11.5 Å². The second-order valence-electron chi connectivity index (χ2n) is 4.54. The van der Waals surface area contributed by atoms with E-state index in [9.17, 15) is 9.59 Å². The van der Waals surface area contributed by atoms with E-state index in [1.165, 1.54) is 0 Å². The first-order chi connectivity index (χ1) is 12.9. The van der Waals surface area contributed by atoms with Gasteiger partial charge in [0.2, 0.25) is 0 Å². The minimum absolute atomic E-state index is 0. The van der Waals surface area contributed by atoms with E-state index in [2.05, 4.69) is 5.32 Å². The molecule has 1 saturated heterocycles. The first-order valence-corrected chi connectivity index (χ1v) is 8.51. The van der Waals surface area contributed by atoms with Crippen LogP contribution in [0, 0.1) is 0 Å². The zero-order valence-electron chi connectivity index (χ0n) is 16.1. The lowest BCUT2D eigenvalue weighted by Gasteiger charge is -1.95. The highest BCUT2D eigenvalue weighted by atomic mass is 35.5. The monoisotopic (exact) mass is 434 g/mol. The Bertz CT molecular complexity index is 317. The maximum absolute atomic E-state index is 9.90. The van der Waals surface area contributed by atoms with Crippen LogP contribution in [0.25, 0.3) is 0 Å². The lowest BCUT2D eigenvalue weighted by Crippen LogP contribution is -2.27. The average molecular weight is 435 g/mol. The number of hydrogen-bond donors (Lipinski definition) is 7. The molecule has 0 aliphatic carbocycles. The Morgan fingerprint density at radius 1 is 1.11 bits per heavy atom. The fourth-order valence-corrected chi connectivity index (χ4v) is 1.22. The number of hydrogen-bond acceptors (Lipinski definition) is 9. The first kappa shape index (κ1) is 37.0. The number of unbranched alkanes of at least 4 members (excludes halogenated alkanes) is 1. The van der Waals surface area contributed by atoms with Crippen molar-refractivity contribution < 1.29 is 39.2 Å². The number of carboxylic acids is 2. The normalized spacial score (nSPS) is 12.3. The van der Waals surface area contributed by atoms with Gasteiger partial charge in [0.15, 0.2) is 0 Å². The molecule has 1 unspecified atom stereocenters. The molecule has 13 heteroatoms. The van der Waals surface area contributed by atoms with Crippen molar-refractivity contribution in [3.05, 3.63) is 0 Å². The molecule has 0 radical (unpaired) electrons. The van der Waals surface area contributed by atoms with Crippen LogP contribution < -0.4 is 22.9 Å². The Morgan fingerprint density at radius 2 is 1.43 bits per heavy atom. The molecule has 0 aromatic rings. The number of alkyl halides is 1.